The summed E-state index contributed by atoms with van der Waals surface area (Å²) in [5.74, 6) is -139. The minimum Gasteiger partial charge on any atom is -0.462 e. The van der Waals surface area contributed by atoms with Crippen LogP contribution in [0.2, 0.25) is 0 Å². The molecule has 0 radical (unpaired) electrons. The third-order valence-corrected chi connectivity index (χ3v) is 17.7. The Balaban J connectivity index is 1.36. The number of carbonyl (C=O) groups excluding carboxylic acids is 6. The smallest absolute Gasteiger partial charge is 0.460 e. The van der Waals surface area contributed by atoms with Crippen molar-refractivity contribution in [1.82, 2.24) is 0 Å². The molecule has 6 aromatic carbocycles. The molecule has 0 aromatic heterocycles. The minimum atomic E-state index is -9.22. The van der Waals surface area contributed by atoms with Crippen LogP contribution < -0.4 is 21.3 Å². The number of hydrogen-bond acceptors (Lipinski definition) is 8. The van der Waals surface area contributed by atoms with Gasteiger partial charge in [0.1, 0.15) is 0 Å². The average molecular weight is 1940 g/mol. The van der Waals surface area contributed by atoms with Crippen molar-refractivity contribution >= 4 is 58.3 Å². The molecule has 6 aromatic rings. The fraction of sp³-hybridized carbons (Fsp3) is 0.400. The quantitative estimate of drug-likeness (QED) is 0.0189. The predicted molar refractivity (Wildman–Crippen MR) is 341 cm³/mol. The lowest BCUT2D eigenvalue weighted by atomic mass is 9.88. The summed E-state index contributed by atoms with van der Waals surface area (Å²) < 4.78 is 660. The topological polar surface area (TPSA) is 169 Å². The lowest BCUT2D eigenvalue weighted by Gasteiger charge is -2.42. The van der Waals surface area contributed by atoms with E-state index in [0.717, 1.165) is 12.1 Å². The Morgan fingerprint density at radius 3 is 0.672 bits per heavy atom. The maximum Gasteiger partial charge on any atom is 0.460 e. The van der Waals surface area contributed by atoms with Crippen molar-refractivity contribution < 1.29 is 240 Å². The molecule has 0 spiro atoms. The fourth-order valence-corrected chi connectivity index (χ4v) is 10.7. The number of nitrogens with one attached hydrogen (secondary N) is 4. The Bertz CT molecular complexity index is 4880. The first-order valence-electron chi connectivity index (χ1n) is 33.5. The maximum atomic E-state index is 14.9. The minimum absolute atomic E-state index is 0.0246. The van der Waals surface area contributed by atoms with Gasteiger partial charge in [0.05, 0.1) is 57.7 Å². The number of unbranched alkanes of at least 4 members (excludes halogenated alkanes) is 2. The third-order valence-electron chi connectivity index (χ3n) is 17.7. The molecule has 0 saturated heterocycles. The molecule has 710 valence electrons. The highest BCUT2D eigenvalue weighted by Crippen LogP contribution is 2.67. The van der Waals surface area contributed by atoms with Crippen molar-refractivity contribution in [3.05, 3.63) is 154 Å². The van der Waals surface area contributed by atoms with E-state index in [0.29, 0.717) is 36.4 Å². The van der Waals surface area contributed by atoms with Crippen molar-refractivity contribution in [1.29, 1.82) is 0 Å². The fourth-order valence-electron chi connectivity index (χ4n) is 10.7. The van der Waals surface area contributed by atoms with Gasteiger partial charge in [0.25, 0.3) is 11.8 Å². The number of amides is 4. The van der Waals surface area contributed by atoms with Crippen LogP contribution in [0.15, 0.2) is 109 Å². The van der Waals surface area contributed by atoms with Gasteiger partial charge < -0.3 is 30.7 Å². The highest BCUT2D eigenvalue weighted by Gasteiger charge is 2.98. The first-order chi connectivity index (χ1) is 57.3. The van der Waals surface area contributed by atoms with Gasteiger partial charge in [0.15, 0.2) is 0 Å². The average Bonchev–Trinajstić information content (AvgIpc) is 0.695. The van der Waals surface area contributed by atoms with Crippen molar-refractivity contribution in [3.8, 4) is 33.4 Å². The maximum absolute atomic E-state index is 14.9. The lowest BCUT2D eigenvalue weighted by Crippen LogP contribution is -2.75. The van der Waals surface area contributed by atoms with Gasteiger partial charge in [-0.05, 0) is 119 Å². The number of carbonyl (C=O) groups is 6. The standard InChI is InChI=1S/C70H40F46N4O8/c1-3-5-19-127-47(123)39-21-27(7-13-37(39)45(121)117-29-9-15-33(41(23-29)53(75,76)77)35-17-11-31(25-43(35)55(81,82)83)119-49(125)51(71,72)57(87,88)59(91,92)61(95,96)63(99,100)65(103,104)67(107,108)69(111,112)113)28-8-14-38(40(22-28)48(124)128-20-6-4-2)46(122)118-30-10-16-34(42(24-30)54(78,79)80)36-18-12-32(26-44(36)56(84,85)86)120-50(126)52(73,74)58(89,90)60(93,94)62(97,98)64(101,102)66(105,106)68(109,110)70(114,115)116/h7-18,21-26H,3-6,19-20H2,1-2H3,(H,117,121)(H,118,122)(H,119,125)(H,120,126). The van der Waals surface area contributed by atoms with Crippen LogP contribution >= 0.6 is 0 Å². The number of ether oxygens (including phenoxy) is 2. The van der Waals surface area contributed by atoms with Crippen LogP contribution in [0.1, 0.15) is 103 Å². The molecule has 0 bridgehead atoms. The van der Waals surface area contributed by atoms with Crippen molar-refractivity contribution in [2.75, 3.05) is 34.5 Å². The zero-order chi connectivity index (χ0) is 99.1. The first-order valence-corrected chi connectivity index (χ1v) is 33.5. The summed E-state index contributed by atoms with van der Waals surface area (Å²) in [6, 6.07) is 1.78. The van der Waals surface area contributed by atoms with E-state index in [1.54, 1.807) is 10.6 Å². The van der Waals surface area contributed by atoms with Gasteiger partial charge in [-0.3, -0.25) is 19.2 Å². The highest BCUT2D eigenvalue weighted by molar-refractivity contribution is 6.13. The molecular weight excluding hydrogens is 1900 g/mol. The second-order valence-corrected chi connectivity index (χ2v) is 26.4. The Kier molecular flexibility index (Phi) is 28.4. The highest BCUT2D eigenvalue weighted by atomic mass is 19.5. The van der Waals surface area contributed by atoms with Crippen molar-refractivity contribution in [2.45, 2.75) is 160 Å². The van der Waals surface area contributed by atoms with Gasteiger partial charge in [-0.15, -0.1) is 0 Å². The Labute approximate surface area is 678 Å². The van der Waals surface area contributed by atoms with E-state index < -0.39 is 270 Å². The summed E-state index contributed by atoms with van der Waals surface area (Å²) in [6.07, 6.45) is -40.2. The molecule has 128 heavy (non-hydrogen) atoms. The molecular formula is C70H40F46N4O8. The summed E-state index contributed by atoms with van der Waals surface area (Å²) in [7, 11) is 0. The van der Waals surface area contributed by atoms with Crippen LogP contribution in [0.5, 0.6) is 0 Å². The molecule has 4 amide bonds. The third kappa shape index (κ3) is 18.6. The monoisotopic (exact) mass is 1940 g/mol. The summed E-state index contributed by atoms with van der Waals surface area (Å²) in [4.78, 5) is 80.3. The molecule has 0 fully saturated rings. The molecule has 4 N–H and O–H groups in total. The van der Waals surface area contributed by atoms with E-state index in [9.17, 15) is 231 Å². The van der Waals surface area contributed by atoms with Gasteiger partial charge in [-0.1, -0.05) is 63.1 Å². The summed E-state index contributed by atoms with van der Waals surface area (Å²) in [5, 5.41) is 3.99. The van der Waals surface area contributed by atoms with Gasteiger partial charge in [-0.25, -0.2) is 9.59 Å². The molecule has 0 aliphatic heterocycles. The number of esters is 2. The number of halogens is 46. The zero-order valence-electron chi connectivity index (χ0n) is 61.3. The molecule has 12 nitrogen and oxygen atoms in total. The zero-order valence-corrected chi connectivity index (χ0v) is 61.3. The van der Waals surface area contributed by atoms with E-state index in [-0.39, 0.29) is 96.0 Å². The molecule has 0 aliphatic rings. The number of rotatable bonds is 31. The number of hydrogen-bond donors (Lipinski definition) is 4. The van der Waals surface area contributed by atoms with Gasteiger partial charge in [0.2, 0.25) is 0 Å². The normalized spacial score (nSPS) is 14.2. The van der Waals surface area contributed by atoms with Crippen LogP contribution in [-0.2, 0) is 43.8 Å². The molecule has 6 rings (SSSR count). The second-order valence-electron chi connectivity index (χ2n) is 26.4. The van der Waals surface area contributed by atoms with Gasteiger partial charge in [-0.2, -0.15) is 202 Å². The van der Waals surface area contributed by atoms with E-state index in [4.69, 9.17) is 9.47 Å². The Morgan fingerprint density at radius 2 is 0.461 bits per heavy atom. The van der Waals surface area contributed by atoms with Crippen LogP contribution in [0.3, 0.4) is 0 Å². The Hall–Kier alpha value is -11.1. The molecule has 0 heterocycles. The number of benzene rings is 6. The van der Waals surface area contributed by atoms with E-state index in [1.165, 1.54) is 13.8 Å². The molecule has 0 atom stereocenters. The van der Waals surface area contributed by atoms with Gasteiger partial charge >= 0.3 is 144 Å². The largest absolute Gasteiger partial charge is 0.462 e. The SMILES string of the molecule is CCCCOC(=O)c1cc(-c2ccc(C(=O)Nc3ccc(-c4ccc(NC(=O)C(F)(F)C(F)(F)C(F)(F)C(F)(F)C(F)(F)C(F)(F)C(F)(F)C(F)(F)F)cc4C(F)(F)F)c(C(F)(F)F)c3)c(C(=O)OCCCC)c2)ccc1C(=O)Nc1ccc(-c2ccc(NC(=O)C(F)(F)C(F)(F)C(F)(F)C(F)(F)C(F)(F)C(F)(F)C(F)(F)C(F)(F)F)cc2C(F)(F)F)c(C(F)(F)F)c1. The van der Waals surface area contributed by atoms with E-state index in [2.05, 4.69) is 0 Å². The molecule has 0 saturated carbocycles. The summed E-state index contributed by atoms with van der Waals surface area (Å²) >= 11 is 0. The van der Waals surface area contributed by atoms with E-state index in [1.807, 2.05) is 0 Å². The van der Waals surface area contributed by atoms with Crippen molar-refractivity contribution in [3.63, 3.8) is 0 Å². The lowest BCUT2D eigenvalue weighted by molar-refractivity contribution is -0.459. The second kappa shape index (κ2) is 34.4. The first kappa shape index (κ1) is 106. The van der Waals surface area contributed by atoms with Crippen molar-refractivity contribution in [2.24, 2.45) is 0 Å². The predicted octanol–water partition coefficient (Wildman–Crippen LogP) is 25.1. The molecule has 0 unspecified atom stereocenters. The molecule has 58 heteroatoms. The summed E-state index contributed by atoms with van der Waals surface area (Å²) in [6.45, 7) is 2.02. The van der Waals surface area contributed by atoms with Crippen LogP contribution in [0.4, 0.5) is 225 Å². The van der Waals surface area contributed by atoms with Crippen LogP contribution in [-0.4, -0.2) is 144 Å². The van der Waals surface area contributed by atoms with E-state index >= 15 is 0 Å². The number of alkyl halides is 46. The van der Waals surface area contributed by atoms with Crippen LogP contribution in [0, 0.1) is 0 Å². The van der Waals surface area contributed by atoms with Gasteiger partial charge in [0, 0.05) is 22.7 Å². The number of anilines is 4. The van der Waals surface area contributed by atoms with Crippen LogP contribution in [0.25, 0.3) is 33.4 Å². The Morgan fingerprint density at radius 1 is 0.250 bits per heavy atom. The summed E-state index contributed by atoms with van der Waals surface area (Å²) in [5.41, 5.74) is -28.3. The molecule has 0 aliphatic carbocycles.